The van der Waals surface area contributed by atoms with Gasteiger partial charge in [-0.25, -0.2) is 0 Å². The number of amides is 2. The average Bonchev–Trinajstić information content (AvgIpc) is 3.03. The van der Waals surface area contributed by atoms with Gasteiger partial charge in [-0.2, -0.15) is 0 Å². The number of nitrogens with zero attached hydrogens (tertiary/aromatic N) is 4. The van der Waals surface area contributed by atoms with Crippen LogP contribution >= 0.6 is 0 Å². The van der Waals surface area contributed by atoms with Crippen molar-refractivity contribution in [3.05, 3.63) is 60.2 Å². The van der Waals surface area contributed by atoms with E-state index in [1.54, 1.807) is 0 Å². The van der Waals surface area contributed by atoms with E-state index in [0.717, 1.165) is 57.1 Å². The zero-order valence-electron chi connectivity index (χ0n) is 18.9. The van der Waals surface area contributed by atoms with Crippen LogP contribution < -0.4 is 10.2 Å². The van der Waals surface area contributed by atoms with Gasteiger partial charge in [-0.1, -0.05) is 30.3 Å². The number of carbonyl (C=O) groups excluding carboxylic acids is 2. The van der Waals surface area contributed by atoms with E-state index in [9.17, 15) is 9.59 Å². The van der Waals surface area contributed by atoms with Crippen molar-refractivity contribution in [3.8, 4) is 0 Å². The number of nitrogens with one attached hydrogen (secondary N) is 1. The summed E-state index contributed by atoms with van der Waals surface area (Å²) in [5.41, 5.74) is 2.36. The van der Waals surface area contributed by atoms with Gasteiger partial charge in [0.1, 0.15) is 0 Å². The molecule has 2 aliphatic heterocycles. The zero-order chi connectivity index (χ0) is 22.3. The molecule has 0 bridgehead atoms. The molecule has 0 spiro atoms. The Kier molecular flexibility index (Phi) is 7.39. The molecule has 7 heteroatoms. The fraction of sp³-hybridized carbons (Fsp3) is 0.440. The molecule has 0 unspecified atom stereocenters. The average molecular weight is 436 g/mol. The second kappa shape index (κ2) is 10.6. The van der Waals surface area contributed by atoms with Crippen molar-refractivity contribution in [3.63, 3.8) is 0 Å². The lowest BCUT2D eigenvalue weighted by Crippen LogP contribution is -2.51. The summed E-state index contributed by atoms with van der Waals surface area (Å²) in [6, 6.07) is 17.2. The van der Waals surface area contributed by atoms with Crippen molar-refractivity contribution < 1.29 is 9.59 Å². The third-order valence-electron chi connectivity index (χ3n) is 6.32. The lowest BCUT2D eigenvalue weighted by Gasteiger charge is -2.37. The predicted octanol–water partition coefficient (Wildman–Crippen LogP) is 2.22. The molecule has 2 saturated heterocycles. The molecule has 0 aromatic heterocycles. The molecule has 2 aromatic carbocycles. The maximum absolute atomic E-state index is 12.9. The van der Waals surface area contributed by atoms with E-state index < -0.39 is 0 Å². The van der Waals surface area contributed by atoms with Crippen molar-refractivity contribution in [2.45, 2.75) is 6.42 Å². The van der Waals surface area contributed by atoms with Crippen LogP contribution in [0, 0.1) is 0 Å². The molecule has 2 amide bonds. The minimum atomic E-state index is -0.114. The molecule has 2 heterocycles. The number of likely N-dealkylation sites (N-methyl/N-ethyl adjacent to an activating group) is 1. The molecular formula is C25H33N5O2. The van der Waals surface area contributed by atoms with Crippen molar-refractivity contribution >= 4 is 23.2 Å². The molecule has 2 fully saturated rings. The predicted molar refractivity (Wildman–Crippen MR) is 128 cm³/mol. The van der Waals surface area contributed by atoms with E-state index in [1.165, 1.54) is 0 Å². The van der Waals surface area contributed by atoms with Crippen LogP contribution in [0.2, 0.25) is 0 Å². The summed E-state index contributed by atoms with van der Waals surface area (Å²) in [5.74, 6) is 0.0979. The Morgan fingerprint density at radius 1 is 0.812 bits per heavy atom. The van der Waals surface area contributed by atoms with Gasteiger partial charge in [-0.05, 0) is 50.8 Å². The molecular weight excluding hydrogens is 402 g/mol. The normalized spacial score (nSPS) is 18.3. The third-order valence-corrected chi connectivity index (χ3v) is 6.32. The lowest BCUT2D eigenvalue weighted by atomic mass is 10.1. The van der Waals surface area contributed by atoms with Crippen LogP contribution in [0.15, 0.2) is 54.6 Å². The molecule has 0 radical (unpaired) electrons. The molecule has 0 atom stereocenters. The lowest BCUT2D eigenvalue weighted by molar-refractivity contribution is -0.132. The van der Waals surface area contributed by atoms with E-state index >= 15 is 0 Å². The number of benzene rings is 2. The minimum absolute atomic E-state index is 0.114. The van der Waals surface area contributed by atoms with Gasteiger partial charge in [0.15, 0.2) is 0 Å². The fourth-order valence-electron chi connectivity index (χ4n) is 4.41. The largest absolute Gasteiger partial charge is 0.367 e. The van der Waals surface area contributed by atoms with Crippen LogP contribution in [0.1, 0.15) is 16.8 Å². The molecule has 2 aliphatic rings. The highest BCUT2D eigenvalue weighted by molar-refractivity contribution is 6.08. The molecule has 4 rings (SSSR count). The van der Waals surface area contributed by atoms with E-state index in [-0.39, 0.29) is 11.8 Å². The third kappa shape index (κ3) is 5.66. The van der Waals surface area contributed by atoms with Crippen LogP contribution in [0.25, 0.3) is 0 Å². The topological polar surface area (TPSA) is 59.1 Å². The Hall–Kier alpha value is -2.90. The summed E-state index contributed by atoms with van der Waals surface area (Å²) in [4.78, 5) is 34.6. The molecule has 0 saturated carbocycles. The molecule has 2 aromatic rings. The number of anilines is 2. The maximum atomic E-state index is 12.9. The van der Waals surface area contributed by atoms with Gasteiger partial charge in [0.25, 0.3) is 5.91 Å². The fourth-order valence-corrected chi connectivity index (χ4v) is 4.41. The van der Waals surface area contributed by atoms with Crippen molar-refractivity contribution in [2.24, 2.45) is 0 Å². The summed E-state index contributed by atoms with van der Waals surface area (Å²) in [6.07, 6.45) is 1.11. The summed E-state index contributed by atoms with van der Waals surface area (Å²) < 4.78 is 0. The number of piperazine rings is 1. The van der Waals surface area contributed by atoms with Gasteiger partial charge in [-0.3, -0.25) is 14.5 Å². The van der Waals surface area contributed by atoms with E-state index in [1.807, 2.05) is 59.5 Å². The second-order valence-electron chi connectivity index (χ2n) is 8.64. The Labute approximate surface area is 190 Å². The summed E-state index contributed by atoms with van der Waals surface area (Å²) in [6.45, 7) is 7.37. The highest BCUT2D eigenvalue weighted by Gasteiger charge is 2.25. The smallest absolute Gasteiger partial charge is 0.257 e. The first-order valence-corrected chi connectivity index (χ1v) is 11.5. The second-order valence-corrected chi connectivity index (χ2v) is 8.64. The highest BCUT2D eigenvalue weighted by atomic mass is 16.2. The number of carbonyl (C=O) groups is 2. The highest BCUT2D eigenvalue weighted by Crippen LogP contribution is 2.23. The van der Waals surface area contributed by atoms with Crippen LogP contribution in [0.5, 0.6) is 0 Å². The van der Waals surface area contributed by atoms with Gasteiger partial charge < -0.3 is 20.0 Å². The van der Waals surface area contributed by atoms with Gasteiger partial charge in [0.05, 0.1) is 12.1 Å². The number of para-hydroxylation sites is 2. The Balaban J connectivity index is 1.34. The first-order chi connectivity index (χ1) is 15.6. The van der Waals surface area contributed by atoms with Crippen LogP contribution in [0.4, 0.5) is 11.4 Å². The maximum Gasteiger partial charge on any atom is 0.257 e. The molecule has 32 heavy (non-hydrogen) atoms. The van der Waals surface area contributed by atoms with Crippen LogP contribution in [0.3, 0.4) is 0 Å². The van der Waals surface area contributed by atoms with E-state index in [0.29, 0.717) is 25.2 Å². The standard InChI is InChI=1S/C25H33N5O2/c1-27-12-7-13-28(15-14-27)20-24(31)30-18-16-29(17-19-30)23-11-6-5-10-22(23)25(32)26-21-8-3-2-4-9-21/h2-6,8-11H,7,12-20H2,1H3,(H,26,32). The van der Waals surface area contributed by atoms with Crippen LogP contribution in [-0.2, 0) is 4.79 Å². The monoisotopic (exact) mass is 435 g/mol. The number of rotatable bonds is 5. The van der Waals surface area contributed by atoms with Crippen molar-refractivity contribution in [1.29, 1.82) is 0 Å². The van der Waals surface area contributed by atoms with Crippen LogP contribution in [-0.4, -0.2) is 92.5 Å². The van der Waals surface area contributed by atoms with E-state index in [2.05, 4.69) is 27.1 Å². The van der Waals surface area contributed by atoms with Gasteiger partial charge >= 0.3 is 0 Å². The summed E-state index contributed by atoms with van der Waals surface area (Å²) >= 11 is 0. The quantitative estimate of drug-likeness (QED) is 0.781. The van der Waals surface area contributed by atoms with Crippen molar-refractivity contribution in [2.75, 3.05) is 76.2 Å². The summed E-state index contributed by atoms with van der Waals surface area (Å²) in [5, 5.41) is 2.98. The molecule has 7 nitrogen and oxygen atoms in total. The van der Waals surface area contributed by atoms with Gasteiger partial charge in [0.2, 0.25) is 5.91 Å². The Morgan fingerprint density at radius 2 is 1.53 bits per heavy atom. The molecule has 0 aliphatic carbocycles. The molecule has 170 valence electrons. The first-order valence-electron chi connectivity index (χ1n) is 11.5. The van der Waals surface area contributed by atoms with Crippen molar-refractivity contribution in [1.82, 2.24) is 14.7 Å². The Morgan fingerprint density at radius 3 is 2.31 bits per heavy atom. The zero-order valence-corrected chi connectivity index (χ0v) is 18.9. The minimum Gasteiger partial charge on any atom is -0.367 e. The molecule has 1 N–H and O–H groups in total. The Bertz CT molecular complexity index is 912. The van der Waals surface area contributed by atoms with Gasteiger partial charge in [-0.15, -0.1) is 0 Å². The SMILES string of the molecule is CN1CCCN(CC(=O)N2CCN(c3ccccc3C(=O)Nc3ccccc3)CC2)CC1. The van der Waals surface area contributed by atoms with E-state index in [4.69, 9.17) is 0 Å². The number of hydrogen-bond donors (Lipinski definition) is 1. The number of hydrogen-bond acceptors (Lipinski definition) is 5. The summed E-state index contributed by atoms with van der Waals surface area (Å²) in [7, 11) is 2.14. The van der Waals surface area contributed by atoms with Gasteiger partial charge in [0, 0.05) is 50.6 Å². The first kappa shape index (κ1) is 22.3.